The third kappa shape index (κ3) is 5.16. The largest absolute Gasteiger partial charge is 0.495 e. The average Bonchev–Trinajstić information content (AvgIpc) is 2.46. The van der Waals surface area contributed by atoms with Crippen molar-refractivity contribution in [3.05, 3.63) is 18.2 Å². The molecule has 0 spiro atoms. The zero-order chi connectivity index (χ0) is 16.7. The van der Waals surface area contributed by atoms with Gasteiger partial charge in [-0.15, -0.1) is 0 Å². The first-order valence-electron chi connectivity index (χ1n) is 8.11. The Balaban J connectivity index is 2.09. The van der Waals surface area contributed by atoms with Crippen LogP contribution in [0.1, 0.15) is 39.0 Å². The molecule has 0 radical (unpaired) electrons. The fourth-order valence-electron chi connectivity index (χ4n) is 2.73. The molecular formula is C17H25N3O3. The van der Waals surface area contributed by atoms with Gasteiger partial charge in [0.15, 0.2) is 0 Å². The van der Waals surface area contributed by atoms with Gasteiger partial charge in [0.05, 0.1) is 12.8 Å². The third-order valence-corrected chi connectivity index (χ3v) is 3.90. The number of hydrogen-bond acceptors (Lipinski definition) is 3. The molecule has 1 heterocycles. The predicted octanol–water partition coefficient (Wildman–Crippen LogP) is 3.45. The van der Waals surface area contributed by atoms with Crippen LogP contribution in [0.3, 0.4) is 0 Å². The van der Waals surface area contributed by atoms with Gasteiger partial charge in [-0.3, -0.25) is 4.79 Å². The Morgan fingerprint density at radius 2 is 1.70 bits per heavy atom. The standard InChI is InChI=1S/C17H25N3O3/c1-13(21)18-14-8-9-16(23-2)15(12-14)19-17(22)20-10-6-4-3-5-7-11-20/h8-9,12H,3-7,10-11H2,1-2H3,(H,18,21)(H,19,22). The van der Waals surface area contributed by atoms with Crippen molar-refractivity contribution in [1.82, 2.24) is 4.90 Å². The summed E-state index contributed by atoms with van der Waals surface area (Å²) < 4.78 is 5.29. The molecule has 3 amide bonds. The lowest BCUT2D eigenvalue weighted by molar-refractivity contribution is -0.114. The molecule has 1 saturated heterocycles. The average molecular weight is 319 g/mol. The Morgan fingerprint density at radius 3 is 2.30 bits per heavy atom. The first kappa shape index (κ1) is 17.1. The maximum absolute atomic E-state index is 12.5. The molecule has 1 fully saturated rings. The summed E-state index contributed by atoms with van der Waals surface area (Å²) >= 11 is 0. The van der Waals surface area contributed by atoms with Gasteiger partial charge in [-0.2, -0.15) is 0 Å². The van der Waals surface area contributed by atoms with E-state index in [1.165, 1.54) is 26.2 Å². The van der Waals surface area contributed by atoms with Crippen LogP contribution >= 0.6 is 0 Å². The Hall–Kier alpha value is -2.24. The summed E-state index contributed by atoms with van der Waals surface area (Å²) in [5, 5.41) is 5.61. The fraction of sp³-hybridized carbons (Fsp3) is 0.529. The molecule has 0 atom stereocenters. The number of nitrogens with one attached hydrogen (secondary N) is 2. The first-order valence-corrected chi connectivity index (χ1v) is 8.11. The van der Waals surface area contributed by atoms with Crippen molar-refractivity contribution in [3.63, 3.8) is 0 Å². The second-order valence-electron chi connectivity index (χ2n) is 5.78. The van der Waals surface area contributed by atoms with E-state index in [4.69, 9.17) is 4.74 Å². The smallest absolute Gasteiger partial charge is 0.321 e. The van der Waals surface area contributed by atoms with Crippen molar-refractivity contribution in [2.24, 2.45) is 0 Å². The molecule has 6 heteroatoms. The van der Waals surface area contributed by atoms with Gasteiger partial charge in [-0.1, -0.05) is 19.3 Å². The lowest BCUT2D eigenvalue weighted by Crippen LogP contribution is -2.37. The van der Waals surface area contributed by atoms with Crippen LogP contribution in [-0.2, 0) is 4.79 Å². The molecule has 1 aliphatic heterocycles. The molecule has 126 valence electrons. The fourth-order valence-corrected chi connectivity index (χ4v) is 2.73. The van der Waals surface area contributed by atoms with E-state index in [0.29, 0.717) is 17.1 Å². The number of nitrogens with zero attached hydrogens (tertiary/aromatic N) is 1. The third-order valence-electron chi connectivity index (χ3n) is 3.90. The zero-order valence-corrected chi connectivity index (χ0v) is 13.9. The minimum atomic E-state index is -0.156. The number of ether oxygens (including phenoxy) is 1. The number of carbonyl (C=O) groups excluding carboxylic acids is 2. The quantitative estimate of drug-likeness (QED) is 0.896. The maximum Gasteiger partial charge on any atom is 0.321 e. The normalized spacial score (nSPS) is 15.3. The van der Waals surface area contributed by atoms with E-state index in [9.17, 15) is 9.59 Å². The molecule has 23 heavy (non-hydrogen) atoms. The number of anilines is 2. The van der Waals surface area contributed by atoms with Gasteiger partial charge in [0, 0.05) is 25.7 Å². The summed E-state index contributed by atoms with van der Waals surface area (Å²) in [6, 6.07) is 5.06. The zero-order valence-electron chi connectivity index (χ0n) is 13.9. The van der Waals surface area contributed by atoms with Gasteiger partial charge in [0.2, 0.25) is 5.91 Å². The molecule has 2 N–H and O–H groups in total. The van der Waals surface area contributed by atoms with E-state index >= 15 is 0 Å². The van der Waals surface area contributed by atoms with Crippen molar-refractivity contribution >= 4 is 23.3 Å². The minimum absolute atomic E-state index is 0.120. The van der Waals surface area contributed by atoms with E-state index < -0.39 is 0 Å². The number of benzene rings is 1. The van der Waals surface area contributed by atoms with Crippen LogP contribution in [0.25, 0.3) is 0 Å². The monoisotopic (exact) mass is 319 g/mol. The molecular weight excluding hydrogens is 294 g/mol. The second-order valence-corrected chi connectivity index (χ2v) is 5.78. The number of methoxy groups -OCH3 is 1. The molecule has 1 aromatic rings. The first-order chi connectivity index (χ1) is 11.1. The molecule has 0 saturated carbocycles. The molecule has 1 aliphatic rings. The van der Waals surface area contributed by atoms with Gasteiger partial charge < -0.3 is 20.3 Å². The van der Waals surface area contributed by atoms with Crippen molar-refractivity contribution in [1.29, 1.82) is 0 Å². The summed E-state index contributed by atoms with van der Waals surface area (Å²) in [5.74, 6) is 0.413. The summed E-state index contributed by atoms with van der Waals surface area (Å²) in [7, 11) is 1.55. The highest BCUT2D eigenvalue weighted by Crippen LogP contribution is 2.28. The lowest BCUT2D eigenvalue weighted by Gasteiger charge is -2.25. The summed E-state index contributed by atoms with van der Waals surface area (Å²) in [4.78, 5) is 25.5. The van der Waals surface area contributed by atoms with Crippen molar-refractivity contribution < 1.29 is 14.3 Å². The highest BCUT2D eigenvalue weighted by Gasteiger charge is 2.16. The second kappa shape index (κ2) is 8.41. The topological polar surface area (TPSA) is 70.7 Å². The van der Waals surface area contributed by atoms with Crippen LogP contribution in [-0.4, -0.2) is 37.0 Å². The molecule has 1 aromatic carbocycles. The van der Waals surface area contributed by atoms with Crippen molar-refractivity contribution in [2.45, 2.75) is 39.0 Å². The summed E-state index contributed by atoms with van der Waals surface area (Å²) in [5.41, 5.74) is 1.19. The molecule has 2 rings (SSSR count). The van der Waals surface area contributed by atoms with Crippen LogP contribution in [0.15, 0.2) is 18.2 Å². The van der Waals surface area contributed by atoms with E-state index in [0.717, 1.165) is 25.9 Å². The Kier molecular flexibility index (Phi) is 6.26. The number of carbonyl (C=O) groups is 2. The van der Waals surface area contributed by atoms with Crippen LogP contribution in [0, 0.1) is 0 Å². The van der Waals surface area contributed by atoms with E-state index in [1.54, 1.807) is 25.3 Å². The predicted molar refractivity (Wildman–Crippen MR) is 91.0 cm³/mol. The SMILES string of the molecule is COc1ccc(NC(C)=O)cc1NC(=O)N1CCCCCCC1. The molecule has 6 nitrogen and oxygen atoms in total. The van der Waals surface area contributed by atoms with Gasteiger partial charge in [0.25, 0.3) is 0 Å². The molecule has 0 aliphatic carbocycles. The minimum Gasteiger partial charge on any atom is -0.495 e. The van der Waals surface area contributed by atoms with Crippen molar-refractivity contribution in [2.75, 3.05) is 30.8 Å². The number of likely N-dealkylation sites (tertiary alicyclic amines) is 1. The van der Waals surface area contributed by atoms with Gasteiger partial charge in [-0.25, -0.2) is 4.79 Å². The number of hydrogen-bond donors (Lipinski definition) is 2. The van der Waals surface area contributed by atoms with Crippen molar-refractivity contribution in [3.8, 4) is 5.75 Å². The Labute approximate surface area is 137 Å². The van der Waals surface area contributed by atoms with E-state index in [1.807, 2.05) is 4.90 Å². The lowest BCUT2D eigenvalue weighted by atomic mass is 10.1. The number of urea groups is 1. The summed E-state index contributed by atoms with van der Waals surface area (Å²) in [6.07, 6.45) is 5.67. The number of rotatable bonds is 3. The number of amides is 3. The van der Waals surface area contributed by atoms with Gasteiger partial charge >= 0.3 is 6.03 Å². The molecule has 0 unspecified atom stereocenters. The Morgan fingerprint density at radius 1 is 1.04 bits per heavy atom. The van der Waals surface area contributed by atoms with Crippen LogP contribution < -0.4 is 15.4 Å². The van der Waals surface area contributed by atoms with Crippen LogP contribution in [0.5, 0.6) is 5.75 Å². The molecule has 0 bridgehead atoms. The maximum atomic E-state index is 12.5. The highest BCUT2D eigenvalue weighted by atomic mass is 16.5. The molecule has 0 aromatic heterocycles. The summed E-state index contributed by atoms with van der Waals surface area (Å²) in [6.45, 7) is 3.00. The van der Waals surface area contributed by atoms with Gasteiger partial charge in [-0.05, 0) is 31.0 Å². The Bertz CT molecular complexity index is 552. The van der Waals surface area contributed by atoms with E-state index in [2.05, 4.69) is 10.6 Å². The highest BCUT2D eigenvalue weighted by molar-refractivity contribution is 5.94. The van der Waals surface area contributed by atoms with Gasteiger partial charge in [0.1, 0.15) is 5.75 Å². The van der Waals surface area contributed by atoms with E-state index in [-0.39, 0.29) is 11.9 Å². The van der Waals surface area contributed by atoms with Crippen LogP contribution in [0.4, 0.5) is 16.2 Å². The van der Waals surface area contributed by atoms with Crippen LogP contribution in [0.2, 0.25) is 0 Å².